The second-order valence-electron chi connectivity index (χ2n) is 13.9. The van der Waals surface area contributed by atoms with Crippen LogP contribution in [-0.2, 0) is 20.8 Å². The van der Waals surface area contributed by atoms with Crippen LogP contribution in [0.5, 0.6) is 0 Å². The van der Waals surface area contributed by atoms with Gasteiger partial charge in [0.15, 0.2) is 0 Å². The molecule has 4 saturated heterocycles. The molecule has 12 heteroatoms. The number of carbonyl (C=O) groups is 4. The van der Waals surface area contributed by atoms with Crippen molar-refractivity contribution >= 4 is 35.0 Å². The molecule has 0 unspecified atom stereocenters. The number of aromatic nitrogens is 1. The first-order valence-corrected chi connectivity index (χ1v) is 17.7. The van der Waals surface area contributed by atoms with Gasteiger partial charge in [-0.15, -0.1) is 11.3 Å². The molecule has 1 aromatic carbocycles. The van der Waals surface area contributed by atoms with Crippen LogP contribution in [0.2, 0.25) is 0 Å². The van der Waals surface area contributed by atoms with Gasteiger partial charge in [-0.05, 0) is 77.7 Å². The third-order valence-electron chi connectivity index (χ3n) is 10.7. The molecule has 0 radical (unpaired) electrons. The molecule has 6 aliphatic rings. The lowest BCUT2D eigenvalue weighted by atomic mass is 9.96. The SMILES string of the molecule is Cc1sc2nc1CC(=O)N[C@H]1C[C@@H](C(=O)N3C[C@@H](NC4CCN(C)CC4)C[C@H]3C(=O)N3CCC2CC3)N(C(=O)c2ccccc2)C1. The van der Waals surface area contributed by atoms with Gasteiger partial charge in [0.1, 0.15) is 12.1 Å². The van der Waals surface area contributed by atoms with Crippen molar-refractivity contribution in [1.82, 2.24) is 35.2 Å². The van der Waals surface area contributed by atoms with E-state index in [0.717, 1.165) is 54.4 Å². The fourth-order valence-corrected chi connectivity index (χ4v) is 9.16. The molecule has 0 aliphatic carbocycles. The summed E-state index contributed by atoms with van der Waals surface area (Å²) in [6.07, 6.45) is 4.73. The summed E-state index contributed by atoms with van der Waals surface area (Å²) >= 11 is 1.66. The topological polar surface area (TPSA) is 118 Å². The van der Waals surface area contributed by atoms with Gasteiger partial charge in [0, 0.05) is 60.7 Å². The normalized spacial score (nSPS) is 29.7. The summed E-state index contributed by atoms with van der Waals surface area (Å²) in [5.74, 6) is -0.334. The van der Waals surface area contributed by atoms with E-state index in [2.05, 4.69) is 22.6 Å². The Bertz CT molecular complexity index is 1470. The lowest BCUT2D eigenvalue weighted by molar-refractivity contribution is -0.146. The maximum atomic E-state index is 14.6. The van der Waals surface area contributed by atoms with Crippen LogP contribution < -0.4 is 10.6 Å². The molecule has 4 atom stereocenters. The highest BCUT2D eigenvalue weighted by atomic mass is 32.1. The lowest BCUT2D eigenvalue weighted by Gasteiger charge is -2.36. The number of hydrogen-bond donors (Lipinski definition) is 2. The lowest BCUT2D eigenvalue weighted by Crippen LogP contribution is -2.54. The average Bonchev–Trinajstić information content (AvgIpc) is 3.78. The van der Waals surface area contributed by atoms with E-state index < -0.39 is 12.1 Å². The smallest absolute Gasteiger partial charge is 0.254 e. The number of nitrogens with zero attached hydrogens (tertiary/aromatic N) is 5. The van der Waals surface area contributed by atoms with E-state index in [9.17, 15) is 19.2 Å². The number of likely N-dealkylation sites (tertiary alicyclic amines) is 2. The third kappa shape index (κ3) is 6.31. The standard InChI is InChI=1S/C34H45N7O4S/c1-21-27-18-30(42)36-26-17-29(40(20-26)32(43)23-6-4-3-5-7-23)34(45)41-19-25(35-24-10-12-38(2)13-11-24)16-28(41)33(44)39-14-8-22(9-15-39)31(37-27)46-21/h3-7,22,24-26,28-29,35H,8-20H2,1-2H3,(H,36,42)/t25-,26-,28-,29-/m0/s1. The molecule has 6 bridgehead atoms. The van der Waals surface area contributed by atoms with Crippen LogP contribution in [0.25, 0.3) is 0 Å². The summed E-state index contributed by atoms with van der Waals surface area (Å²) < 4.78 is 0. The first kappa shape index (κ1) is 31.3. The van der Waals surface area contributed by atoms with Gasteiger partial charge >= 0.3 is 0 Å². The Hall–Kier alpha value is -3.35. The zero-order valence-corrected chi connectivity index (χ0v) is 27.6. The molecule has 4 fully saturated rings. The van der Waals surface area contributed by atoms with Gasteiger partial charge in [0.05, 0.1) is 17.1 Å². The van der Waals surface area contributed by atoms with E-state index in [0.29, 0.717) is 44.1 Å². The Balaban J connectivity index is 1.20. The predicted molar refractivity (Wildman–Crippen MR) is 174 cm³/mol. The number of carbonyl (C=O) groups excluding carboxylic acids is 4. The van der Waals surface area contributed by atoms with Crippen molar-refractivity contribution in [2.45, 2.75) is 88.0 Å². The van der Waals surface area contributed by atoms with E-state index in [-0.39, 0.29) is 54.6 Å². The van der Waals surface area contributed by atoms with Gasteiger partial charge in [0.2, 0.25) is 17.7 Å². The molecule has 0 spiro atoms. The molecule has 0 saturated carbocycles. The molecule has 4 amide bonds. The molecule has 46 heavy (non-hydrogen) atoms. The maximum absolute atomic E-state index is 14.6. The van der Waals surface area contributed by atoms with Crippen molar-refractivity contribution in [2.75, 3.05) is 46.3 Å². The molecule has 11 nitrogen and oxygen atoms in total. The van der Waals surface area contributed by atoms with Crippen LogP contribution in [0.15, 0.2) is 30.3 Å². The van der Waals surface area contributed by atoms with Gasteiger partial charge in [-0.25, -0.2) is 4.98 Å². The highest BCUT2D eigenvalue weighted by Crippen LogP contribution is 2.35. The largest absolute Gasteiger partial charge is 0.351 e. The van der Waals surface area contributed by atoms with Gasteiger partial charge in [0.25, 0.3) is 5.91 Å². The van der Waals surface area contributed by atoms with Crippen molar-refractivity contribution in [3.05, 3.63) is 51.5 Å². The second-order valence-corrected chi connectivity index (χ2v) is 15.1. The van der Waals surface area contributed by atoms with Crippen molar-refractivity contribution in [3.63, 3.8) is 0 Å². The van der Waals surface area contributed by atoms with Gasteiger partial charge in [-0.3, -0.25) is 19.2 Å². The zero-order chi connectivity index (χ0) is 31.9. The van der Waals surface area contributed by atoms with Gasteiger partial charge in [-0.1, -0.05) is 18.2 Å². The fraction of sp³-hybridized carbons (Fsp3) is 0.618. The van der Waals surface area contributed by atoms with Crippen LogP contribution in [0.3, 0.4) is 0 Å². The van der Waals surface area contributed by atoms with Crippen molar-refractivity contribution < 1.29 is 19.2 Å². The quantitative estimate of drug-likeness (QED) is 0.522. The Labute approximate surface area is 274 Å². The minimum absolute atomic E-state index is 0.00123. The number of benzene rings is 1. The highest BCUT2D eigenvalue weighted by molar-refractivity contribution is 7.11. The molecule has 1 aromatic heterocycles. The number of thiazole rings is 1. The molecule has 246 valence electrons. The van der Waals surface area contributed by atoms with Crippen molar-refractivity contribution in [2.24, 2.45) is 0 Å². The van der Waals surface area contributed by atoms with E-state index in [4.69, 9.17) is 4.98 Å². The Morgan fingerprint density at radius 1 is 0.913 bits per heavy atom. The van der Waals surface area contributed by atoms with Crippen LogP contribution in [0, 0.1) is 6.92 Å². The zero-order valence-electron chi connectivity index (χ0n) is 26.8. The molecule has 7 heterocycles. The molecular formula is C34H45N7O4S. The molecule has 6 aliphatic heterocycles. The van der Waals surface area contributed by atoms with E-state index >= 15 is 0 Å². The summed E-state index contributed by atoms with van der Waals surface area (Å²) in [5.41, 5.74) is 1.28. The Kier molecular flexibility index (Phi) is 8.86. The minimum atomic E-state index is -0.774. The number of piperidine rings is 2. The molecular weight excluding hydrogens is 602 g/mol. The summed E-state index contributed by atoms with van der Waals surface area (Å²) in [6, 6.07) is 7.60. The van der Waals surface area contributed by atoms with Gasteiger partial charge in [-0.2, -0.15) is 0 Å². The van der Waals surface area contributed by atoms with Crippen LogP contribution in [0.4, 0.5) is 0 Å². The van der Waals surface area contributed by atoms with Crippen LogP contribution in [-0.4, -0.2) is 125 Å². The number of amides is 4. The van der Waals surface area contributed by atoms with Crippen LogP contribution in [0.1, 0.15) is 70.4 Å². The average molecular weight is 648 g/mol. The first-order chi connectivity index (χ1) is 22.2. The number of aryl methyl sites for hydroxylation is 1. The highest BCUT2D eigenvalue weighted by Gasteiger charge is 2.49. The number of rotatable bonds is 3. The molecule has 2 N–H and O–H groups in total. The summed E-state index contributed by atoms with van der Waals surface area (Å²) in [4.78, 5) is 69.7. The molecule has 8 rings (SSSR count). The van der Waals surface area contributed by atoms with E-state index in [1.165, 1.54) is 0 Å². The van der Waals surface area contributed by atoms with Crippen LogP contribution >= 0.6 is 11.3 Å². The minimum Gasteiger partial charge on any atom is -0.351 e. The third-order valence-corrected chi connectivity index (χ3v) is 11.9. The van der Waals surface area contributed by atoms with Crippen molar-refractivity contribution in [3.8, 4) is 0 Å². The number of hydrogen-bond acceptors (Lipinski definition) is 8. The number of fused-ring (bicyclic) bond motifs is 4. The maximum Gasteiger partial charge on any atom is 0.254 e. The van der Waals surface area contributed by atoms with E-state index in [1.807, 2.05) is 30.0 Å². The fourth-order valence-electron chi connectivity index (χ4n) is 8.06. The number of nitrogens with one attached hydrogen (secondary N) is 2. The monoisotopic (exact) mass is 647 g/mol. The summed E-state index contributed by atoms with van der Waals surface area (Å²) in [6.45, 7) is 5.96. The van der Waals surface area contributed by atoms with Crippen molar-refractivity contribution in [1.29, 1.82) is 0 Å². The second kappa shape index (κ2) is 13.0. The first-order valence-electron chi connectivity index (χ1n) is 16.9. The molecule has 2 aromatic rings. The predicted octanol–water partition coefficient (Wildman–Crippen LogP) is 1.77. The Morgan fingerprint density at radius 3 is 2.39 bits per heavy atom. The van der Waals surface area contributed by atoms with E-state index in [1.54, 1.807) is 33.3 Å². The Morgan fingerprint density at radius 2 is 1.65 bits per heavy atom. The summed E-state index contributed by atoms with van der Waals surface area (Å²) in [5, 5.41) is 7.96. The summed E-state index contributed by atoms with van der Waals surface area (Å²) in [7, 11) is 2.14. The van der Waals surface area contributed by atoms with Gasteiger partial charge < -0.3 is 30.2 Å².